The van der Waals surface area contributed by atoms with E-state index < -0.39 is 0 Å². The van der Waals surface area contributed by atoms with E-state index in [1.165, 1.54) is 15.4 Å². The van der Waals surface area contributed by atoms with Crippen molar-refractivity contribution < 1.29 is 0 Å². The topological polar surface area (TPSA) is 3.24 Å². The normalized spacial score (nSPS) is 19.3. The Kier molecular flexibility index (Phi) is 4.79. The summed E-state index contributed by atoms with van der Waals surface area (Å²) in [7, 11) is 0. The highest BCUT2D eigenvalue weighted by Gasteiger charge is 2.19. The van der Waals surface area contributed by atoms with Gasteiger partial charge in [0.25, 0.3) is 0 Å². The van der Waals surface area contributed by atoms with Gasteiger partial charge in [-0.3, -0.25) is 4.90 Å². The van der Waals surface area contributed by atoms with Crippen LogP contribution in [0.2, 0.25) is 0 Å². The lowest BCUT2D eigenvalue weighted by atomic mass is 10.1. The molecule has 0 aromatic heterocycles. The van der Waals surface area contributed by atoms with Crippen molar-refractivity contribution in [2.75, 3.05) is 6.54 Å². The molecule has 1 atom stereocenters. The summed E-state index contributed by atoms with van der Waals surface area (Å²) in [5, 5.41) is 0. The highest BCUT2D eigenvalue weighted by molar-refractivity contribution is 8.03. The Labute approximate surface area is 131 Å². The molecule has 108 valence electrons. The maximum Gasteiger partial charge on any atom is 0.0264 e. The first-order valence-electron chi connectivity index (χ1n) is 7.53. The minimum Gasteiger partial charge on any atom is -0.293 e. The van der Waals surface area contributed by atoms with Gasteiger partial charge in [0.2, 0.25) is 0 Å². The van der Waals surface area contributed by atoms with Crippen LogP contribution in [0.4, 0.5) is 0 Å². The summed E-state index contributed by atoms with van der Waals surface area (Å²) in [6.07, 6.45) is 3.57. The predicted molar refractivity (Wildman–Crippen MR) is 91.3 cm³/mol. The van der Waals surface area contributed by atoms with E-state index >= 15 is 0 Å². The van der Waals surface area contributed by atoms with Crippen molar-refractivity contribution in [3.63, 3.8) is 0 Å². The molecular weight excluding hydrogens is 274 g/mol. The molecule has 1 aliphatic rings. The molecule has 0 spiro atoms. The van der Waals surface area contributed by atoms with Crippen LogP contribution in [-0.2, 0) is 6.54 Å². The van der Waals surface area contributed by atoms with Gasteiger partial charge >= 0.3 is 0 Å². The lowest BCUT2D eigenvalue weighted by Crippen LogP contribution is -2.35. The molecule has 2 heteroatoms. The van der Waals surface area contributed by atoms with Gasteiger partial charge in [0.05, 0.1) is 0 Å². The summed E-state index contributed by atoms with van der Waals surface area (Å²) in [5.41, 5.74) is 1.40. The van der Waals surface area contributed by atoms with Crippen molar-refractivity contribution in [2.45, 2.75) is 30.8 Å². The van der Waals surface area contributed by atoms with E-state index in [9.17, 15) is 0 Å². The number of benzene rings is 2. The van der Waals surface area contributed by atoms with Gasteiger partial charge in [0.1, 0.15) is 0 Å². The molecule has 0 aliphatic carbocycles. The minimum absolute atomic E-state index is 0.505. The Balaban J connectivity index is 1.63. The zero-order valence-corrected chi connectivity index (χ0v) is 13.2. The number of rotatable bonds is 4. The third-order valence-electron chi connectivity index (χ3n) is 3.87. The van der Waals surface area contributed by atoms with Crippen LogP contribution in [0.25, 0.3) is 0 Å². The zero-order chi connectivity index (χ0) is 14.5. The van der Waals surface area contributed by atoms with Crippen molar-refractivity contribution in [2.24, 2.45) is 0 Å². The third-order valence-corrected chi connectivity index (χ3v) is 4.98. The number of nitrogens with zero attached hydrogens (tertiary/aromatic N) is 1. The monoisotopic (exact) mass is 295 g/mol. The van der Waals surface area contributed by atoms with E-state index in [4.69, 9.17) is 0 Å². The average Bonchev–Trinajstić information content (AvgIpc) is 2.52. The fraction of sp³-hybridized carbons (Fsp3) is 0.263. The first-order valence-corrected chi connectivity index (χ1v) is 8.34. The van der Waals surface area contributed by atoms with E-state index in [1.54, 1.807) is 0 Å². The van der Waals surface area contributed by atoms with E-state index in [1.807, 2.05) is 11.8 Å². The lowest BCUT2D eigenvalue weighted by molar-refractivity contribution is 0.225. The lowest BCUT2D eigenvalue weighted by Gasteiger charge is -2.32. The maximum atomic E-state index is 2.55. The summed E-state index contributed by atoms with van der Waals surface area (Å²) in [6.45, 7) is 4.48. The molecule has 2 aromatic rings. The van der Waals surface area contributed by atoms with Crippen LogP contribution in [0.3, 0.4) is 0 Å². The van der Waals surface area contributed by atoms with Gasteiger partial charge in [-0.2, -0.15) is 0 Å². The first-order chi connectivity index (χ1) is 10.3. The Morgan fingerprint density at radius 3 is 2.33 bits per heavy atom. The summed E-state index contributed by atoms with van der Waals surface area (Å²) in [4.78, 5) is 5.38. The smallest absolute Gasteiger partial charge is 0.0264 e. The SMILES string of the molecule is CC1C=C(Sc2ccccc2)CCN1Cc1ccccc1. The van der Waals surface area contributed by atoms with E-state index in [2.05, 4.69) is 78.6 Å². The van der Waals surface area contributed by atoms with Crippen LogP contribution in [0.1, 0.15) is 18.9 Å². The Bertz CT molecular complexity index is 591. The summed E-state index contributed by atoms with van der Waals surface area (Å²) in [6, 6.07) is 21.9. The molecule has 1 heterocycles. The second kappa shape index (κ2) is 6.97. The summed E-state index contributed by atoms with van der Waals surface area (Å²) in [5.74, 6) is 0. The Morgan fingerprint density at radius 1 is 1.00 bits per heavy atom. The van der Waals surface area contributed by atoms with Gasteiger partial charge in [-0.25, -0.2) is 0 Å². The summed E-state index contributed by atoms with van der Waals surface area (Å²) < 4.78 is 0. The Hall–Kier alpha value is -1.51. The average molecular weight is 295 g/mol. The first kappa shape index (κ1) is 14.4. The van der Waals surface area contributed by atoms with E-state index in [0.717, 1.165) is 19.5 Å². The second-order valence-electron chi connectivity index (χ2n) is 5.49. The van der Waals surface area contributed by atoms with E-state index in [0.29, 0.717) is 6.04 Å². The maximum absolute atomic E-state index is 2.55. The molecule has 0 radical (unpaired) electrons. The molecule has 2 aromatic carbocycles. The quantitative estimate of drug-likeness (QED) is 0.784. The van der Waals surface area contributed by atoms with E-state index in [-0.39, 0.29) is 0 Å². The molecule has 1 aliphatic heterocycles. The molecule has 0 fully saturated rings. The predicted octanol–water partition coefficient (Wildman–Crippen LogP) is 4.96. The largest absolute Gasteiger partial charge is 0.293 e. The number of hydrogen-bond acceptors (Lipinski definition) is 2. The highest BCUT2D eigenvalue weighted by Crippen LogP contribution is 2.32. The van der Waals surface area contributed by atoms with Crippen LogP contribution >= 0.6 is 11.8 Å². The van der Waals surface area contributed by atoms with Gasteiger partial charge in [-0.1, -0.05) is 66.4 Å². The van der Waals surface area contributed by atoms with Crippen molar-refractivity contribution >= 4 is 11.8 Å². The van der Waals surface area contributed by atoms with Crippen molar-refractivity contribution in [1.82, 2.24) is 4.90 Å². The number of thioether (sulfide) groups is 1. The van der Waals surface area contributed by atoms with Crippen molar-refractivity contribution in [1.29, 1.82) is 0 Å². The fourth-order valence-electron chi connectivity index (χ4n) is 2.68. The molecule has 0 saturated carbocycles. The van der Waals surface area contributed by atoms with Crippen LogP contribution in [-0.4, -0.2) is 17.5 Å². The Morgan fingerprint density at radius 2 is 1.67 bits per heavy atom. The fourth-order valence-corrected chi connectivity index (χ4v) is 3.74. The van der Waals surface area contributed by atoms with Gasteiger partial charge in [-0.05, 0) is 35.9 Å². The van der Waals surface area contributed by atoms with Crippen LogP contribution in [0, 0.1) is 0 Å². The standard InChI is InChI=1S/C19H21NS/c1-16-14-19(21-18-10-6-3-7-11-18)12-13-20(16)15-17-8-4-2-5-9-17/h2-11,14,16H,12-13,15H2,1H3. The molecule has 0 N–H and O–H groups in total. The van der Waals surface area contributed by atoms with Crippen LogP contribution < -0.4 is 0 Å². The van der Waals surface area contributed by atoms with Crippen LogP contribution in [0.5, 0.6) is 0 Å². The molecule has 1 unspecified atom stereocenters. The molecule has 3 rings (SSSR count). The van der Waals surface area contributed by atoms with Gasteiger partial charge in [-0.15, -0.1) is 0 Å². The molecule has 1 nitrogen and oxygen atoms in total. The zero-order valence-electron chi connectivity index (χ0n) is 12.4. The minimum atomic E-state index is 0.505. The number of hydrogen-bond donors (Lipinski definition) is 0. The van der Waals surface area contributed by atoms with Gasteiger partial charge in [0, 0.05) is 24.0 Å². The van der Waals surface area contributed by atoms with Crippen molar-refractivity contribution in [3.8, 4) is 0 Å². The second-order valence-corrected chi connectivity index (χ2v) is 6.69. The summed E-state index contributed by atoms with van der Waals surface area (Å²) >= 11 is 1.91. The molecular formula is C19H21NS. The molecule has 0 saturated heterocycles. The highest BCUT2D eigenvalue weighted by atomic mass is 32.2. The third kappa shape index (κ3) is 3.99. The molecule has 0 bridgehead atoms. The van der Waals surface area contributed by atoms with Crippen LogP contribution in [0.15, 0.2) is 76.5 Å². The molecule has 21 heavy (non-hydrogen) atoms. The van der Waals surface area contributed by atoms with Gasteiger partial charge < -0.3 is 0 Å². The van der Waals surface area contributed by atoms with Gasteiger partial charge in [0.15, 0.2) is 0 Å². The van der Waals surface area contributed by atoms with Crippen molar-refractivity contribution in [3.05, 3.63) is 77.2 Å². The molecule has 0 amide bonds.